The third-order valence-corrected chi connectivity index (χ3v) is 13.3. The normalized spacial score (nSPS) is 12.7. The summed E-state index contributed by atoms with van der Waals surface area (Å²) in [7, 11) is 0. The maximum Gasteiger partial charge on any atom is 0.143 e. The SMILES string of the molecule is CC1(C)c2ccccc2-c2ccc(-c3ccc(N(c4ccc(-c5cccc6c5oc5ccccc56)cc4)c4ccccc4-c4cccc(-c5cccc6ccccc56)c4)cc3)cc21. The lowest BCUT2D eigenvalue weighted by Crippen LogP contribution is -2.14. The second-order valence-electron chi connectivity index (χ2n) is 17.3. The third kappa shape index (κ3) is 6.09. The van der Waals surface area contributed by atoms with E-state index in [0.717, 1.165) is 61.3 Å². The number of hydrogen-bond acceptors (Lipinski definition) is 2. The van der Waals surface area contributed by atoms with Crippen LogP contribution in [0.1, 0.15) is 25.0 Å². The van der Waals surface area contributed by atoms with E-state index < -0.39 is 0 Å². The molecule has 0 bridgehead atoms. The summed E-state index contributed by atoms with van der Waals surface area (Å²) in [5.74, 6) is 0. The van der Waals surface area contributed by atoms with E-state index in [1.54, 1.807) is 0 Å². The molecule has 0 saturated heterocycles. The topological polar surface area (TPSA) is 16.4 Å². The number of anilines is 3. The molecule has 0 atom stereocenters. The van der Waals surface area contributed by atoms with Crippen molar-refractivity contribution in [3.05, 3.63) is 236 Å². The standard InChI is InChI=1S/C61H43NO/c1-61(2)56-25-8-5-20-52(56)53-37-32-43(39-57(53)61)40-28-33-46(34-29-40)62(47-35-30-42(31-36-47)51-23-13-24-55-54-21-7-10-27-59(54)63-60(51)55)58-26-9-6-19-50(58)45-17-11-16-44(38-45)49-22-12-15-41-14-3-4-18-48(41)49/h3-39H,1-2H3. The summed E-state index contributed by atoms with van der Waals surface area (Å²) in [6, 6.07) is 81.6. The zero-order valence-electron chi connectivity index (χ0n) is 35.2. The van der Waals surface area contributed by atoms with Crippen LogP contribution in [-0.2, 0) is 5.41 Å². The van der Waals surface area contributed by atoms with Crippen LogP contribution in [0.2, 0.25) is 0 Å². The molecule has 11 aromatic rings. The van der Waals surface area contributed by atoms with Gasteiger partial charge in [0.1, 0.15) is 11.2 Å². The fourth-order valence-electron chi connectivity index (χ4n) is 10.1. The first-order chi connectivity index (χ1) is 31.0. The Kier molecular flexibility index (Phi) is 8.55. The van der Waals surface area contributed by atoms with Gasteiger partial charge < -0.3 is 9.32 Å². The van der Waals surface area contributed by atoms with Crippen molar-refractivity contribution in [3.63, 3.8) is 0 Å². The number of benzene rings is 10. The molecule has 1 heterocycles. The zero-order valence-corrected chi connectivity index (χ0v) is 35.2. The van der Waals surface area contributed by atoms with Crippen molar-refractivity contribution in [2.45, 2.75) is 19.3 Å². The van der Waals surface area contributed by atoms with Gasteiger partial charge in [-0.2, -0.15) is 0 Å². The summed E-state index contributed by atoms with van der Waals surface area (Å²) < 4.78 is 6.47. The number of nitrogens with zero attached hydrogens (tertiary/aromatic N) is 1. The molecule has 0 radical (unpaired) electrons. The highest BCUT2D eigenvalue weighted by molar-refractivity contribution is 6.09. The fraction of sp³-hybridized carbons (Fsp3) is 0.0492. The van der Waals surface area contributed by atoms with Crippen LogP contribution < -0.4 is 4.90 Å². The molecule has 0 unspecified atom stereocenters. The van der Waals surface area contributed by atoms with Crippen molar-refractivity contribution >= 4 is 49.8 Å². The minimum absolute atomic E-state index is 0.0601. The lowest BCUT2D eigenvalue weighted by Gasteiger charge is -2.28. The van der Waals surface area contributed by atoms with Gasteiger partial charge in [0.05, 0.1) is 5.69 Å². The molecule has 2 heteroatoms. The molecule has 63 heavy (non-hydrogen) atoms. The van der Waals surface area contributed by atoms with E-state index in [4.69, 9.17) is 4.42 Å². The second kappa shape index (κ2) is 14.6. The Labute approximate surface area is 368 Å². The maximum absolute atomic E-state index is 6.47. The van der Waals surface area contributed by atoms with Crippen LogP contribution in [0, 0.1) is 0 Å². The molecular formula is C61H43NO. The first kappa shape index (κ1) is 36.9. The highest BCUT2D eigenvalue weighted by Crippen LogP contribution is 2.50. The molecule has 10 aromatic carbocycles. The molecule has 12 rings (SSSR count). The molecule has 0 amide bonds. The molecule has 1 aliphatic rings. The highest BCUT2D eigenvalue weighted by Gasteiger charge is 2.35. The molecule has 2 nitrogen and oxygen atoms in total. The van der Waals surface area contributed by atoms with Crippen molar-refractivity contribution < 1.29 is 4.42 Å². The average molecular weight is 806 g/mol. The molecule has 0 fully saturated rings. The van der Waals surface area contributed by atoms with Gasteiger partial charge in [-0.3, -0.25) is 0 Å². The Morgan fingerprint density at radius 2 is 0.905 bits per heavy atom. The van der Waals surface area contributed by atoms with Crippen LogP contribution >= 0.6 is 0 Å². The summed E-state index contributed by atoms with van der Waals surface area (Å²) in [5, 5.41) is 4.76. The quantitative estimate of drug-likeness (QED) is 0.160. The van der Waals surface area contributed by atoms with Gasteiger partial charge in [-0.25, -0.2) is 0 Å². The van der Waals surface area contributed by atoms with Crippen molar-refractivity contribution in [3.8, 4) is 55.6 Å². The molecule has 0 spiro atoms. The molecule has 0 aliphatic heterocycles. The number of para-hydroxylation sites is 3. The smallest absolute Gasteiger partial charge is 0.143 e. The van der Waals surface area contributed by atoms with Crippen LogP contribution in [0.15, 0.2) is 229 Å². The lowest BCUT2D eigenvalue weighted by molar-refractivity contribution is 0.660. The molecule has 0 saturated carbocycles. The molecule has 1 aliphatic carbocycles. The van der Waals surface area contributed by atoms with E-state index in [1.165, 1.54) is 55.3 Å². The maximum atomic E-state index is 6.47. The highest BCUT2D eigenvalue weighted by atomic mass is 16.3. The van der Waals surface area contributed by atoms with E-state index in [2.05, 4.69) is 231 Å². The largest absolute Gasteiger partial charge is 0.455 e. The molecule has 1 aromatic heterocycles. The fourth-order valence-corrected chi connectivity index (χ4v) is 10.1. The Bertz CT molecular complexity index is 3530. The summed E-state index contributed by atoms with van der Waals surface area (Å²) in [6.45, 7) is 4.69. The Hall–Kier alpha value is -7.94. The first-order valence-electron chi connectivity index (χ1n) is 21.8. The number of fused-ring (bicyclic) bond motifs is 7. The summed E-state index contributed by atoms with van der Waals surface area (Å²) >= 11 is 0. The van der Waals surface area contributed by atoms with Crippen LogP contribution in [0.4, 0.5) is 17.1 Å². The summed E-state index contributed by atoms with van der Waals surface area (Å²) in [4.78, 5) is 2.40. The van der Waals surface area contributed by atoms with Crippen LogP contribution in [-0.4, -0.2) is 0 Å². The predicted octanol–water partition coefficient (Wildman–Crippen LogP) is 17.2. The van der Waals surface area contributed by atoms with Gasteiger partial charge in [-0.1, -0.05) is 190 Å². The van der Waals surface area contributed by atoms with Gasteiger partial charge >= 0.3 is 0 Å². The van der Waals surface area contributed by atoms with E-state index in [-0.39, 0.29) is 5.41 Å². The average Bonchev–Trinajstić information content (AvgIpc) is 3.84. The molecular weight excluding hydrogens is 763 g/mol. The Morgan fingerprint density at radius 1 is 0.349 bits per heavy atom. The van der Waals surface area contributed by atoms with Gasteiger partial charge in [-0.15, -0.1) is 0 Å². The van der Waals surface area contributed by atoms with Crippen molar-refractivity contribution in [2.75, 3.05) is 4.90 Å². The van der Waals surface area contributed by atoms with Crippen LogP contribution in [0.3, 0.4) is 0 Å². The van der Waals surface area contributed by atoms with E-state index in [0.29, 0.717) is 0 Å². The van der Waals surface area contributed by atoms with Crippen molar-refractivity contribution in [2.24, 2.45) is 0 Å². The predicted molar refractivity (Wildman–Crippen MR) is 265 cm³/mol. The van der Waals surface area contributed by atoms with E-state index in [1.807, 2.05) is 12.1 Å². The number of furan rings is 1. The number of hydrogen-bond donors (Lipinski definition) is 0. The van der Waals surface area contributed by atoms with E-state index in [9.17, 15) is 0 Å². The van der Waals surface area contributed by atoms with Crippen molar-refractivity contribution in [1.29, 1.82) is 0 Å². The Balaban J connectivity index is 0.972. The van der Waals surface area contributed by atoms with Gasteiger partial charge in [-0.05, 0) is 115 Å². The van der Waals surface area contributed by atoms with Crippen LogP contribution in [0.5, 0.6) is 0 Å². The van der Waals surface area contributed by atoms with E-state index >= 15 is 0 Å². The van der Waals surface area contributed by atoms with Crippen LogP contribution in [0.25, 0.3) is 88.3 Å². The third-order valence-electron chi connectivity index (χ3n) is 13.3. The molecule has 298 valence electrons. The second-order valence-corrected chi connectivity index (χ2v) is 17.3. The first-order valence-corrected chi connectivity index (χ1v) is 21.8. The minimum atomic E-state index is -0.0601. The van der Waals surface area contributed by atoms with Gasteiger partial charge in [0.15, 0.2) is 0 Å². The number of rotatable bonds is 7. The van der Waals surface area contributed by atoms with Gasteiger partial charge in [0, 0.05) is 38.7 Å². The zero-order chi connectivity index (χ0) is 42.1. The van der Waals surface area contributed by atoms with Crippen molar-refractivity contribution in [1.82, 2.24) is 0 Å². The van der Waals surface area contributed by atoms with Gasteiger partial charge in [0.25, 0.3) is 0 Å². The Morgan fingerprint density at radius 3 is 1.73 bits per heavy atom. The minimum Gasteiger partial charge on any atom is -0.455 e. The monoisotopic (exact) mass is 805 g/mol. The lowest BCUT2D eigenvalue weighted by atomic mass is 9.81. The molecule has 0 N–H and O–H groups in total. The summed E-state index contributed by atoms with van der Waals surface area (Å²) in [6.07, 6.45) is 0. The summed E-state index contributed by atoms with van der Waals surface area (Å²) in [5.41, 5.74) is 19.8. The van der Waals surface area contributed by atoms with Gasteiger partial charge in [0.2, 0.25) is 0 Å².